The van der Waals surface area contributed by atoms with E-state index in [-0.39, 0.29) is 5.60 Å². The van der Waals surface area contributed by atoms with Gasteiger partial charge in [-0.3, -0.25) is 0 Å². The Balaban J connectivity index is 1.70. The van der Waals surface area contributed by atoms with E-state index in [0.29, 0.717) is 13.2 Å². The van der Waals surface area contributed by atoms with Crippen LogP contribution in [0.2, 0.25) is 0 Å². The molecule has 4 rings (SSSR count). The lowest BCUT2D eigenvalue weighted by Gasteiger charge is -2.30. The SMILES string of the molecule is CC(O)CNc1nc(SCc2ccccc2)nc2sc3c(c12)CC(C)(C)OC3. The van der Waals surface area contributed by atoms with Crippen LogP contribution in [0.1, 0.15) is 36.8 Å². The van der Waals surface area contributed by atoms with Crippen molar-refractivity contribution in [1.29, 1.82) is 0 Å². The van der Waals surface area contributed by atoms with Gasteiger partial charge >= 0.3 is 0 Å². The molecule has 0 fully saturated rings. The molecule has 3 heterocycles. The molecule has 0 radical (unpaired) electrons. The molecule has 0 bridgehead atoms. The zero-order chi connectivity index (χ0) is 19.7. The summed E-state index contributed by atoms with van der Waals surface area (Å²) in [5.74, 6) is 1.64. The Labute approximate surface area is 173 Å². The number of hydrogen-bond donors (Lipinski definition) is 2. The summed E-state index contributed by atoms with van der Waals surface area (Å²) in [5, 5.41) is 14.9. The first kappa shape index (κ1) is 19.6. The van der Waals surface area contributed by atoms with Crippen molar-refractivity contribution in [3.8, 4) is 0 Å². The Morgan fingerprint density at radius 3 is 2.82 bits per heavy atom. The minimum absolute atomic E-state index is 0.191. The van der Waals surface area contributed by atoms with Crippen LogP contribution in [0.15, 0.2) is 35.5 Å². The second-order valence-electron chi connectivity index (χ2n) is 7.77. The van der Waals surface area contributed by atoms with Gasteiger partial charge in [-0.05, 0) is 31.9 Å². The average molecular weight is 416 g/mol. The molecule has 5 nitrogen and oxygen atoms in total. The number of thiophene rings is 1. The van der Waals surface area contributed by atoms with Crippen molar-refractivity contribution in [2.75, 3.05) is 11.9 Å². The number of benzene rings is 1. The number of aliphatic hydroxyl groups excluding tert-OH is 1. The number of thioether (sulfide) groups is 1. The van der Waals surface area contributed by atoms with Crippen LogP contribution in [0, 0.1) is 0 Å². The molecule has 0 saturated carbocycles. The van der Waals surface area contributed by atoms with E-state index >= 15 is 0 Å². The largest absolute Gasteiger partial charge is 0.392 e. The number of hydrogen-bond acceptors (Lipinski definition) is 7. The summed E-state index contributed by atoms with van der Waals surface area (Å²) in [4.78, 5) is 11.9. The Kier molecular flexibility index (Phi) is 5.60. The molecule has 1 aromatic carbocycles. The van der Waals surface area contributed by atoms with Gasteiger partial charge in [-0.15, -0.1) is 11.3 Å². The van der Waals surface area contributed by atoms with Crippen molar-refractivity contribution in [2.24, 2.45) is 0 Å². The number of ether oxygens (including phenoxy) is 1. The number of aliphatic hydroxyl groups is 1. The maximum absolute atomic E-state index is 9.75. The van der Waals surface area contributed by atoms with E-state index in [9.17, 15) is 5.11 Å². The van der Waals surface area contributed by atoms with Gasteiger partial charge in [-0.2, -0.15) is 0 Å². The van der Waals surface area contributed by atoms with E-state index in [1.807, 2.05) is 18.2 Å². The van der Waals surface area contributed by atoms with Gasteiger partial charge in [-0.1, -0.05) is 42.1 Å². The van der Waals surface area contributed by atoms with E-state index in [1.54, 1.807) is 30.0 Å². The monoisotopic (exact) mass is 415 g/mol. The van der Waals surface area contributed by atoms with Crippen molar-refractivity contribution in [1.82, 2.24) is 9.97 Å². The van der Waals surface area contributed by atoms with Crippen molar-refractivity contribution in [2.45, 2.75) is 56.4 Å². The van der Waals surface area contributed by atoms with E-state index in [0.717, 1.165) is 33.4 Å². The fourth-order valence-corrected chi connectivity index (χ4v) is 5.24. The van der Waals surface area contributed by atoms with Crippen LogP contribution < -0.4 is 5.32 Å². The maximum atomic E-state index is 9.75. The third-order valence-corrected chi connectivity index (χ3v) is 6.70. The minimum atomic E-state index is -0.445. The highest BCUT2D eigenvalue weighted by molar-refractivity contribution is 7.98. The smallest absolute Gasteiger partial charge is 0.191 e. The summed E-state index contributed by atoms with van der Waals surface area (Å²) in [7, 11) is 0. The van der Waals surface area contributed by atoms with Gasteiger partial charge in [0.15, 0.2) is 5.16 Å². The van der Waals surface area contributed by atoms with Crippen molar-refractivity contribution in [3.05, 3.63) is 46.3 Å². The van der Waals surface area contributed by atoms with Crippen LogP contribution in [-0.4, -0.2) is 33.3 Å². The maximum Gasteiger partial charge on any atom is 0.191 e. The fraction of sp³-hybridized carbons (Fsp3) is 0.429. The first-order valence-electron chi connectivity index (χ1n) is 9.46. The number of nitrogens with one attached hydrogen (secondary N) is 1. The van der Waals surface area contributed by atoms with Crippen LogP contribution in [0.5, 0.6) is 0 Å². The Hall–Kier alpha value is -1.67. The fourth-order valence-electron chi connectivity index (χ4n) is 3.28. The summed E-state index contributed by atoms with van der Waals surface area (Å²) >= 11 is 3.33. The Bertz CT molecular complexity index is 971. The van der Waals surface area contributed by atoms with Crippen LogP contribution in [-0.2, 0) is 23.5 Å². The molecule has 3 aromatic rings. The van der Waals surface area contributed by atoms with E-state index in [4.69, 9.17) is 14.7 Å². The predicted molar refractivity (Wildman–Crippen MR) is 116 cm³/mol. The molecule has 0 aliphatic carbocycles. The highest BCUT2D eigenvalue weighted by atomic mass is 32.2. The molecule has 148 valence electrons. The number of fused-ring (bicyclic) bond motifs is 3. The molecule has 28 heavy (non-hydrogen) atoms. The predicted octanol–water partition coefficient (Wildman–Crippen LogP) is 4.63. The molecule has 2 aromatic heterocycles. The number of aromatic nitrogens is 2. The molecular weight excluding hydrogens is 390 g/mol. The van der Waals surface area contributed by atoms with Crippen LogP contribution >= 0.6 is 23.1 Å². The van der Waals surface area contributed by atoms with E-state index in [1.165, 1.54) is 16.0 Å². The zero-order valence-electron chi connectivity index (χ0n) is 16.4. The summed E-state index contributed by atoms with van der Waals surface area (Å²) in [6.07, 6.45) is 0.394. The van der Waals surface area contributed by atoms with Crippen LogP contribution in [0.4, 0.5) is 5.82 Å². The summed E-state index contributed by atoms with van der Waals surface area (Å²) in [5.41, 5.74) is 2.34. The average Bonchev–Trinajstić information content (AvgIpc) is 3.02. The lowest BCUT2D eigenvalue weighted by molar-refractivity contribution is -0.0379. The van der Waals surface area contributed by atoms with Gasteiger partial charge in [0.1, 0.15) is 10.6 Å². The summed E-state index contributed by atoms with van der Waals surface area (Å²) in [6.45, 7) is 7.09. The van der Waals surface area contributed by atoms with Gasteiger partial charge in [0.25, 0.3) is 0 Å². The molecule has 0 saturated heterocycles. The van der Waals surface area contributed by atoms with Gasteiger partial charge in [0, 0.05) is 23.6 Å². The molecule has 7 heteroatoms. The zero-order valence-corrected chi connectivity index (χ0v) is 18.0. The normalized spacial score (nSPS) is 16.7. The molecule has 1 aliphatic heterocycles. The number of rotatable bonds is 6. The quantitative estimate of drug-likeness (QED) is 0.452. The van der Waals surface area contributed by atoms with Crippen LogP contribution in [0.25, 0.3) is 10.2 Å². The topological polar surface area (TPSA) is 67.3 Å². The molecule has 0 amide bonds. The summed E-state index contributed by atoms with van der Waals surface area (Å²) in [6, 6.07) is 10.3. The molecular formula is C21H25N3O2S2. The van der Waals surface area contributed by atoms with Crippen molar-refractivity contribution in [3.63, 3.8) is 0 Å². The second kappa shape index (κ2) is 7.99. The molecule has 1 unspecified atom stereocenters. The van der Waals surface area contributed by atoms with Gasteiger partial charge in [0.05, 0.1) is 23.7 Å². The van der Waals surface area contributed by atoms with E-state index < -0.39 is 6.10 Å². The standard InChI is InChI=1S/C21H25N3O2S2/c1-13(25)10-22-18-17-15-9-21(2,3)26-11-16(15)28-19(17)24-20(23-18)27-12-14-7-5-4-6-8-14/h4-8,13,25H,9-12H2,1-3H3,(H,22,23,24). The van der Waals surface area contributed by atoms with Crippen molar-refractivity contribution >= 4 is 39.1 Å². The first-order valence-corrected chi connectivity index (χ1v) is 11.3. The van der Waals surface area contributed by atoms with Gasteiger partial charge in [-0.25, -0.2) is 9.97 Å². The van der Waals surface area contributed by atoms with E-state index in [2.05, 4.69) is 31.3 Å². The van der Waals surface area contributed by atoms with Gasteiger partial charge < -0.3 is 15.2 Å². The number of anilines is 1. The number of nitrogens with zero attached hydrogens (tertiary/aromatic N) is 2. The van der Waals surface area contributed by atoms with Gasteiger partial charge in [0.2, 0.25) is 0 Å². The highest BCUT2D eigenvalue weighted by Gasteiger charge is 2.31. The third kappa shape index (κ3) is 4.33. The Morgan fingerprint density at radius 1 is 1.29 bits per heavy atom. The lowest BCUT2D eigenvalue weighted by atomic mass is 9.94. The molecule has 0 spiro atoms. The first-order chi connectivity index (χ1) is 13.4. The summed E-state index contributed by atoms with van der Waals surface area (Å²) < 4.78 is 5.99. The highest BCUT2D eigenvalue weighted by Crippen LogP contribution is 2.41. The minimum Gasteiger partial charge on any atom is -0.392 e. The second-order valence-corrected chi connectivity index (χ2v) is 9.79. The van der Waals surface area contributed by atoms with Crippen molar-refractivity contribution < 1.29 is 9.84 Å². The lowest BCUT2D eigenvalue weighted by Crippen LogP contribution is -2.31. The molecule has 1 aliphatic rings. The third-order valence-electron chi connectivity index (χ3n) is 4.69. The Morgan fingerprint density at radius 2 is 2.07 bits per heavy atom. The molecule has 2 N–H and O–H groups in total. The van der Waals surface area contributed by atoms with Crippen LogP contribution in [0.3, 0.4) is 0 Å². The molecule has 1 atom stereocenters.